The van der Waals surface area contributed by atoms with Crippen molar-refractivity contribution in [3.05, 3.63) is 106 Å². The van der Waals surface area contributed by atoms with E-state index in [4.69, 9.17) is 14.2 Å². The first-order valence-corrected chi connectivity index (χ1v) is 13.1. The maximum atomic E-state index is 12.7. The molecule has 3 rings (SSSR count). The van der Waals surface area contributed by atoms with Gasteiger partial charge < -0.3 is 19.5 Å². The Morgan fingerprint density at radius 3 is 2.27 bits per heavy atom. The molecular formula is C32H35N3O6. The highest BCUT2D eigenvalue weighted by atomic mass is 16.5. The highest BCUT2D eigenvalue weighted by Gasteiger charge is 2.15. The molecule has 0 spiro atoms. The number of carbonyl (C=O) groups is 3. The third-order valence-corrected chi connectivity index (χ3v) is 5.72. The lowest BCUT2D eigenvalue weighted by molar-refractivity contribution is -0.117. The minimum Gasteiger partial charge on any atom is -0.496 e. The first kappa shape index (κ1) is 30.6. The van der Waals surface area contributed by atoms with Crippen LogP contribution >= 0.6 is 0 Å². The second kappa shape index (κ2) is 15.0. The van der Waals surface area contributed by atoms with E-state index in [1.54, 1.807) is 81.6 Å². The van der Waals surface area contributed by atoms with Gasteiger partial charge in [-0.2, -0.15) is 5.10 Å². The molecule has 0 aromatic heterocycles. The summed E-state index contributed by atoms with van der Waals surface area (Å²) in [5.41, 5.74) is 5.56. The monoisotopic (exact) mass is 557 g/mol. The molecule has 0 heterocycles. The molecule has 9 heteroatoms. The number of benzene rings is 3. The van der Waals surface area contributed by atoms with Crippen molar-refractivity contribution in [2.24, 2.45) is 11.0 Å². The fourth-order valence-corrected chi connectivity index (χ4v) is 3.57. The second-order valence-corrected chi connectivity index (χ2v) is 9.77. The summed E-state index contributed by atoms with van der Waals surface area (Å²) in [5.74, 6) is 0.152. The van der Waals surface area contributed by atoms with Crippen LogP contribution in [0.25, 0.3) is 0 Å². The minimum atomic E-state index is -0.542. The predicted molar refractivity (Wildman–Crippen MR) is 157 cm³/mol. The van der Waals surface area contributed by atoms with Crippen molar-refractivity contribution in [2.45, 2.75) is 34.3 Å². The number of ether oxygens (including phenoxy) is 3. The lowest BCUT2D eigenvalue weighted by Gasteiger charge is -2.12. The molecule has 0 aliphatic rings. The molecule has 0 atom stereocenters. The van der Waals surface area contributed by atoms with Gasteiger partial charge in [-0.15, -0.1) is 0 Å². The number of hydrogen-bond donors (Lipinski definition) is 2. The Morgan fingerprint density at radius 1 is 0.927 bits per heavy atom. The van der Waals surface area contributed by atoms with Crippen LogP contribution in [0.5, 0.6) is 11.5 Å². The molecule has 0 unspecified atom stereocenters. The van der Waals surface area contributed by atoms with Gasteiger partial charge in [-0.3, -0.25) is 9.59 Å². The number of methoxy groups -OCH3 is 1. The van der Waals surface area contributed by atoms with E-state index in [2.05, 4.69) is 15.8 Å². The van der Waals surface area contributed by atoms with Crippen LogP contribution in [0, 0.1) is 5.92 Å². The van der Waals surface area contributed by atoms with Gasteiger partial charge in [-0.25, -0.2) is 10.2 Å². The normalized spacial score (nSPS) is 10.7. The summed E-state index contributed by atoms with van der Waals surface area (Å²) >= 11 is 0. The number of carbonyl (C=O) groups excluding carboxylic acids is 3. The van der Waals surface area contributed by atoms with E-state index in [9.17, 15) is 14.4 Å². The third kappa shape index (κ3) is 9.35. The fourth-order valence-electron chi connectivity index (χ4n) is 3.57. The van der Waals surface area contributed by atoms with Crippen LogP contribution in [0.1, 0.15) is 59.5 Å². The van der Waals surface area contributed by atoms with Crippen molar-refractivity contribution in [1.29, 1.82) is 0 Å². The van der Waals surface area contributed by atoms with Crippen molar-refractivity contribution in [3.8, 4) is 11.5 Å². The molecular weight excluding hydrogens is 522 g/mol. The van der Waals surface area contributed by atoms with Crippen LogP contribution in [0.2, 0.25) is 0 Å². The predicted octanol–water partition coefficient (Wildman–Crippen LogP) is 5.26. The van der Waals surface area contributed by atoms with Gasteiger partial charge in [0.2, 0.25) is 0 Å². The van der Waals surface area contributed by atoms with E-state index in [1.165, 1.54) is 6.21 Å². The number of nitrogens with zero attached hydrogens (tertiary/aromatic N) is 1. The number of allylic oxidation sites excluding steroid dienone is 1. The van der Waals surface area contributed by atoms with E-state index >= 15 is 0 Å². The average molecular weight is 558 g/mol. The molecule has 9 nitrogen and oxygen atoms in total. The molecule has 0 aliphatic carbocycles. The topological polar surface area (TPSA) is 115 Å². The summed E-state index contributed by atoms with van der Waals surface area (Å²) in [5, 5.41) is 6.71. The summed E-state index contributed by atoms with van der Waals surface area (Å²) in [4.78, 5) is 37.4. The Labute approximate surface area is 240 Å². The van der Waals surface area contributed by atoms with E-state index in [0.29, 0.717) is 40.4 Å². The number of nitrogens with one attached hydrogen (secondary N) is 2. The van der Waals surface area contributed by atoms with Gasteiger partial charge in [0.15, 0.2) is 0 Å². The van der Waals surface area contributed by atoms with Crippen LogP contribution in [-0.2, 0) is 16.1 Å². The molecule has 3 aromatic rings. The van der Waals surface area contributed by atoms with Gasteiger partial charge in [-0.1, -0.05) is 32.0 Å². The number of esters is 1. The van der Waals surface area contributed by atoms with E-state index in [0.717, 1.165) is 5.56 Å². The third-order valence-electron chi connectivity index (χ3n) is 5.72. The minimum absolute atomic E-state index is 0.124. The largest absolute Gasteiger partial charge is 0.496 e. The summed E-state index contributed by atoms with van der Waals surface area (Å²) in [6.45, 7) is 7.97. The first-order chi connectivity index (χ1) is 19.7. The molecule has 0 fully saturated rings. The molecule has 0 saturated heterocycles. The SMILES string of the molecule is COc1ccc(C=NNC(=O)C(NC(=O)c2ccccc2)=C(C)C)cc1COc1ccc(C(=O)OCC(C)C)cc1. The Morgan fingerprint density at radius 2 is 1.63 bits per heavy atom. The highest BCUT2D eigenvalue weighted by molar-refractivity contribution is 6.03. The van der Waals surface area contributed by atoms with E-state index < -0.39 is 5.91 Å². The smallest absolute Gasteiger partial charge is 0.338 e. The Bertz CT molecular complexity index is 1410. The van der Waals surface area contributed by atoms with Gasteiger partial charge in [0.05, 0.1) is 25.5 Å². The van der Waals surface area contributed by atoms with Crippen LogP contribution in [-0.4, -0.2) is 37.7 Å². The average Bonchev–Trinajstić information content (AvgIpc) is 2.98. The Hall–Kier alpha value is -4.92. The van der Waals surface area contributed by atoms with Gasteiger partial charge >= 0.3 is 5.97 Å². The van der Waals surface area contributed by atoms with E-state index in [-0.39, 0.29) is 30.1 Å². The van der Waals surface area contributed by atoms with Crippen LogP contribution in [0.4, 0.5) is 0 Å². The number of amides is 2. The second-order valence-electron chi connectivity index (χ2n) is 9.77. The Balaban J connectivity index is 1.61. The van der Waals surface area contributed by atoms with Crippen molar-refractivity contribution in [2.75, 3.05) is 13.7 Å². The summed E-state index contributed by atoms with van der Waals surface area (Å²) in [7, 11) is 1.56. The first-order valence-electron chi connectivity index (χ1n) is 13.1. The van der Waals surface area contributed by atoms with Crippen molar-refractivity contribution in [1.82, 2.24) is 10.7 Å². The molecule has 0 bridgehead atoms. The maximum Gasteiger partial charge on any atom is 0.338 e. The van der Waals surface area contributed by atoms with Crippen molar-refractivity contribution < 1.29 is 28.6 Å². The molecule has 0 saturated carbocycles. The maximum absolute atomic E-state index is 12.7. The van der Waals surface area contributed by atoms with E-state index in [1.807, 2.05) is 26.0 Å². The number of rotatable bonds is 12. The highest BCUT2D eigenvalue weighted by Crippen LogP contribution is 2.22. The number of hydrogen-bond acceptors (Lipinski definition) is 7. The number of hydrazone groups is 1. The molecule has 214 valence electrons. The zero-order chi connectivity index (χ0) is 29.8. The van der Waals surface area contributed by atoms with Gasteiger partial charge in [0, 0.05) is 11.1 Å². The molecule has 3 aromatic carbocycles. The Kier molecular flexibility index (Phi) is 11.2. The van der Waals surface area contributed by atoms with Gasteiger partial charge in [-0.05, 0) is 85.5 Å². The van der Waals surface area contributed by atoms with Crippen LogP contribution in [0.3, 0.4) is 0 Å². The summed E-state index contributed by atoms with van der Waals surface area (Å²) < 4.78 is 16.6. The zero-order valence-electron chi connectivity index (χ0n) is 23.9. The standard InChI is InChI=1S/C32H35N3O6/c1-21(2)19-41-32(38)25-12-14-27(15-13-25)40-20-26-17-23(11-16-28(26)39-5)18-33-35-31(37)29(22(3)4)34-30(36)24-9-7-6-8-10-24/h6-18,21H,19-20H2,1-5H3,(H,34,36)(H,35,37). The fraction of sp³-hybridized carbons (Fsp3) is 0.250. The molecule has 0 aliphatic heterocycles. The van der Waals surface area contributed by atoms with Crippen molar-refractivity contribution >= 4 is 24.0 Å². The van der Waals surface area contributed by atoms with Crippen LogP contribution < -0.4 is 20.2 Å². The lowest BCUT2D eigenvalue weighted by atomic mass is 10.1. The lowest BCUT2D eigenvalue weighted by Crippen LogP contribution is -2.33. The summed E-state index contributed by atoms with van der Waals surface area (Å²) in [6.07, 6.45) is 1.49. The van der Waals surface area contributed by atoms with Crippen LogP contribution in [0.15, 0.2) is 89.2 Å². The molecule has 0 radical (unpaired) electrons. The molecule has 2 amide bonds. The zero-order valence-corrected chi connectivity index (χ0v) is 23.9. The van der Waals surface area contributed by atoms with Crippen molar-refractivity contribution in [3.63, 3.8) is 0 Å². The van der Waals surface area contributed by atoms with Gasteiger partial charge in [0.25, 0.3) is 11.8 Å². The summed E-state index contributed by atoms with van der Waals surface area (Å²) in [6, 6.07) is 20.7. The van der Waals surface area contributed by atoms with Gasteiger partial charge in [0.1, 0.15) is 23.8 Å². The molecule has 41 heavy (non-hydrogen) atoms. The molecule has 2 N–H and O–H groups in total. The quantitative estimate of drug-likeness (QED) is 0.136.